The Kier molecular flexibility index (Phi) is 5.08. The van der Waals surface area contributed by atoms with Gasteiger partial charge in [0.1, 0.15) is 0 Å². The highest BCUT2D eigenvalue weighted by molar-refractivity contribution is 5.78. The molecule has 0 atom stereocenters. The zero-order valence-electron chi connectivity index (χ0n) is 7.62. The molecule has 0 radical (unpaired) electrons. The fourth-order valence-electron chi connectivity index (χ4n) is 0.437. The Morgan fingerprint density at radius 3 is 2.25 bits per heavy atom. The molecular formula is C8H14O4. The van der Waals surface area contributed by atoms with Gasteiger partial charge >= 0.3 is 6.16 Å². The first kappa shape index (κ1) is 10.9. The maximum absolute atomic E-state index is 10.7. The Labute approximate surface area is 71.8 Å². The summed E-state index contributed by atoms with van der Waals surface area (Å²) in [6.07, 6.45) is -0.779. The van der Waals surface area contributed by atoms with E-state index in [0.29, 0.717) is 6.61 Å². The number of hydrogen-bond acceptors (Lipinski definition) is 4. The zero-order chi connectivity index (χ0) is 9.56. The lowest BCUT2D eigenvalue weighted by molar-refractivity contribution is -0.120. The van der Waals surface area contributed by atoms with Crippen molar-refractivity contribution in [2.75, 3.05) is 13.2 Å². The molecule has 0 aromatic rings. The number of rotatable bonds is 4. The van der Waals surface area contributed by atoms with Crippen LogP contribution in [0.1, 0.15) is 20.8 Å². The van der Waals surface area contributed by atoms with E-state index in [1.807, 2.05) is 13.8 Å². The van der Waals surface area contributed by atoms with E-state index < -0.39 is 6.16 Å². The summed E-state index contributed by atoms with van der Waals surface area (Å²) in [7, 11) is 0. The molecule has 4 nitrogen and oxygen atoms in total. The molecule has 0 aliphatic carbocycles. The van der Waals surface area contributed by atoms with E-state index in [4.69, 9.17) is 0 Å². The molecular weight excluding hydrogens is 160 g/mol. The maximum Gasteiger partial charge on any atom is 0.508 e. The van der Waals surface area contributed by atoms with Gasteiger partial charge in [0, 0.05) is 0 Å². The van der Waals surface area contributed by atoms with Crippen molar-refractivity contribution in [1.82, 2.24) is 0 Å². The average Bonchev–Trinajstić information content (AvgIpc) is 1.96. The van der Waals surface area contributed by atoms with Crippen molar-refractivity contribution in [2.24, 2.45) is 5.92 Å². The normalized spacial score (nSPS) is 9.67. The molecule has 0 unspecified atom stereocenters. The van der Waals surface area contributed by atoms with Crippen molar-refractivity contribution in [3.05, 3.63) is 0 Å². The van der Waals surface area contributed by atoms with Crippen LogP contribution in [0.4, 0.5) is 4.79 Å². The van der Waals surface area contributed by atoms with Crippen LogP contribution in [0.2, 0.25) is 0 Å². The molecule has 0 aliphatic rings. The lowest BCUT2D eigenvalue weighted by Gasteiger charge is -2.06. The summed E-state index contributed by atoms with van der Waals surface area (Å²) in [5, 5.41) is 0. The number of hydrogen-bond donors (Lipinski definition) is 0. The topological polar surface area (TPSA) is 52.6 Å². The van der Waals surface area contributed by atoms with Crippen molar-refractivity contribution in [3.63, 3.8) is 0 Å². The van der Waals surface area contributed by atoms with Gasteiger partial charge in [-0.25, -0.2) is 4.79 Å². The van der Waals surface area contributed by atoms with E-state index in [1.165, 1.54) is 6.92 Å². The van der Waals surface area contributed by atoms with Gasteiger partial charge in [-0.05, 0) is 12.8 Å². The first-order valence-electron chi connectivity index (χ1n) is 3.81. The summed E-state index contributed by atoms with van der Waals surface area (Å²) >= 11 is 0. The van der Waals surface area contributed by atoms with E-state index in [9.17, 15) is 9.59 Å². The molecule has 4 heteroatoms. The molecule has 0 spiro atoms. The second-order valence-electron chi connectivity index (χ2n) is 2.95. The predicted octanol–water partition coefficient (Wildman–Crippen LogP) is 1.38. The van der Waals surface area contributed by atoms with Gasteiger partial charge in [-0.3, -0.25) is 4.79 Å². The second kappa shape index (κ2) is 5.57. The van der Waals surface area contributed by atoms with Crippen LogP contribution in [0.15, 0.2) is 0 Å². The zero-order valence-corrected chi connectivity index (χ0v) is 7.62. The van der Waals surface area contributed by atoms with Gasteiger partial charge < -0.3 is 9.47 Å². The Bertz CT molecular complexity index is 162. The maximum atomic E-state index is 10.7. The molecule has 0 heterocycles. The fourth-order valence-corrected chi connectivity index (χ4v) is 0.437. The third-order valence-electron chi connectivity index (χ3n) is 0.928. The van der Waals surface area contributed by atoms with Gasteiger partial charge in [-0.2, -0.15) is 0 Å². The van der Waals surface area contributed by atoms with Gasteiger partial charge in [0.05, 0.1) is 6.61 Å². The minimum atomic E-state index is -0.779. The highest BCUT2D eigenvalue weighted by Crippen LogP contribution is 1.94. The number of ketones is 1. The molecule has 0 amide bonds. The first-order valence-corrected chi connectivity index (χ1v) is 3.81. The number of carbonyl (C=O) groups is 2. The van der Waals surface area contributed by atoms with E-state index in [2.05, 4.69) is 9.47 Å². The monoisotopic (exact) mass is 174 g/mol. The van der Waals surface area contributed by atoms with Crippen molar-refractivity contribution >= 4 is 11.9 Å². The van der Waals surface area contributed by atoms with Crippen LogP contribution >= 0.6 is 0 Å². The minimum Gasteiger partial charge on any atom is -0.434 e. The van der Waals surface area contributed by atoms with Gasteiger partial charge in [0.25, 0.3) is 0 Å². The summed E-state index contributed by atoms with van der Waals surface area (Å²) in [5.74, 6) is 0.0753. The van der Waals surface area contributed by atoms with Gasteiger partial charge in [-0.15, -0.1) is 0 Å². The molecule has 0 N–H and O–H groups in total. The Morgan fingerprint density at radius 2 is 1.83 bits per heavy atom. The molecule has 0 saturated heterocycles. The van der Waals surface area contributed by atoms with E-state index in [1.54, 1.807) is 0 Å². The van der Waals surface area contributed by atoms with Crippen molar-refractivity contribution in [1.29, 1.82) is 0 Å². The molecule has 0 rings (SSSR count). The fraction of sp³-hybridized carbons (Fsp3) is 0.750. The third kappa shape index (κ3) is 7.05. The smallest absolute Gasteiger partial charge is 0.434 e. The second-order valence-corrected chi connectivity index (χ2v) is 2.95. The summed E-state index contributed by atoms with van der Waals surface area (Å²) < 4.78 is 9.08. The molecule has 0 bridgehead atoms. The van der Waals surface area contributed by atoms with Gasteiger partial charge in [-0.1, -0.05) is 13.8 Å². The Hall–Kier alpha value is -1.06. The molecule has 12 heavy (non-hydrogen) atoms. The van der Waals surface area contributed by atoms with Crippen LogP contribution in [0.5, 0.6) is 0 Å². The molecule has 0 aromatic heterocycles. The highest BCUT2D eigenvalue weighted by atomic mass is 16.7. The standard InChI is InChI=1S/C8H14O4/c1-6(2)4-11-8(10)12-5-7(3)9/h6H,4-5H2,1-3H3. The first-order chi connectivity index (χ1) is 5.52. The van der Waals surface area contributed by atoms with Gasteiger partial charge in [0.15, 0.2) is 12.4 Å². The van der Waals surface area contributed by atoms with Crippen LogP contribution in [0.25, 0.3) is 0 Å². The van der Waals surface area contributed by atoms with E-state index >= 15 is 0 Å². The molecule has 0 aliphatic heterocycles. The van der Waals surface area contributed by atoms with Crippen molar-refractivity contribution in [3.8, 4) is 0 Å². The molecule has 0 aromatic carbocycles. The average molecular weight is 174 g/mol. The van der Waals surface area contributed by atoms with Crippen molar-refractivity contribution < 1.29 is 19.1 Å². The van der Waals surface area contributed by atoms with Crippen molar-refractivity contribution in [2.45, 2.75) is 20.8 Å². The third-order valence-corrected chi connectivity index (χ3v) is 0.928. The van der Waals surface area contributed by atoms with E-state index in [0.717, 1.165) is 0 Å². The van der Waals surface area contributed by atoms with Crippen LogP contribution in [0, 0.1) is 5.92 Å². The summed E-state index contributed by atoms with van der Waals surface area (Å²) in [6, 6.07) is 0. The predicted molar refractivity (Wildman–Crippen MR) is 42.8 cm³/mol. The Morgan fingerprint density at radius 1 is 1.25 bits per heavy atom. The van der Waals surface area contributed by atoms with Crippen LogP contribution in [-0.2, 0) is 14.3 Å². The summed E-state index contributed by atoms with van der Waals surface area (Å²) in [5.41, 5.74) is 0. The van der Waals surface area contributed by atoms with Crippen LogP contribution in [-0.4, -0.2) is 25.2 Å². The Balaban J connectivity index is 3.40. The molecule has 0 fully saturated rings. The van der Waals surface area contributed by atoms with Crippen LogP contribution < -0.4 is 0 Å². The van der Waals surface area contributed by atoms with Crippen LogP contribution in [0.3, 0.4) is 0 Å². The summed E-state index contributed by atoms with van der Waals surface area (Å²) in [6.45, 7) is 5.28. The van der Waals surface area contributed by atoms with Gasteiger partial charge in [0.2, 0.25) is 0 Å². The quantitative estimate of drug-likeness (QED) is 0.604. The largest absolute Gasteiger partial charge is 0.508 e. The molecule has 0 saturated carbocycles. The minimum absolute atomic E-state index is 0.198. The van der Waals surface area contributed by atoms with E-state index in [-0.39, 0.29) is 18.3 Å². The number of ether oxygens (including phenoxy) is 2. The lowest BCUT2D eigenvalue weighted by atomic mass is 10.2. The SMILES string of the molecule is CC(=O)COC(=O)OCC(C)C. The highest BCUT2D eigenvalue weighted by Gasteiger charge is 2.05. The lowest BCUT2D eigenvalue weighted by Crippen LogP contribution is -2.15. The number of carbonyl (C=O) groups excluding carboxylic acids is 2. The molecule has 70 valence electrons. The summed E-state index contributed by atoms with van der Waals surface area (Å²) in [4.78, 5) is 21.0. The number of Topliss-reactive ketones (excluding diaryl/α,β-unsaturated/α-hetero) is 1.